The predicted octanol–water partition coefficient (Wildman–Crippen LogP) is 4.87. The second kappa shape index (κ2) is 8.80. The Hall–Kier alpha value is -1.98. The highest BCUT2D eigenvalue weighted by molar-refractivity contribution is 5.85. The zero-order valence-corrected chi connectivity index (χ0v) is 17.2. The summed E-state index contributed by atoms with van der Waals surface area (Å²) in [4.78, 5) is 2.59. The van der Waals surface area contributed by atoms with Gasteiger partial charge in [0.05, 0.1) is 6.61 Å². The fourth-order valence-corrected chi connectivity index (χ4v) is 4.42. The van der Waals surface area contributed by atoms with Crippen molar-refractivity contribution in [3.63, 3.8) is 0 Å². The fraction of sp³-hybridized carbons (Fsp3) is 0.478. The van der Waals surface area contributed by atoms with Gasteiger partial charge < -0.3 is 19.1 Å². The first-order chi connectivity index (χ1) is 13.7. The van der Waals surface area contributed by atoms with E-state index >= 15 is 0 Å². The van der Waals surface area contributed by atoms with E-state index in [0.717, 1.165) is 42.7 Å². The molecular formula is C23H27ClFNO3. The minimum atomic E-state index is -0.179. The first-order valence-corrected chi connectivity index (χ1v) is 10.2. The summed E-state index contributed by atoms with van der Waals surface area (Å²) < 4.78 is 30.5. The van der Waals surface area contributed by atoms with Gasteiger partial charge in [0.1, 0.15) is 11.6 Å². The van der Waals surface area contributed by atoms with E-state index in [1.807, 2.05) is 30.3 Å². The Morgan fingerprint density at radius 1 is 1.03 bits per heavy atom. The quantitative estimate of drug-likeness (QED) is 0.668. The molecule has 2 aromatic carbocycles. The summed E-state index contributed by atoms with van der Waals surface area (Å²) in [7, 11) is 0. The van der Waals surface area contributed by atoms with Gasteiger partial charge in [0.15, 0.2) is 11.5 Å². The SMILES string of the molecule is Cl.Fc1ccc([C@H]2CCN(CC3CC3)C[C@@H]2COc2ccc3cc2OCO3)cc1. The lowest BCUT2D eigenvalue weighted by atomic mass is 9.80. The van der Waals surface area contributed by atoms with Crippen LogP contribution in [0.2, 0.25) is 0 Å². The maximum atomic E-state index is 13.4. The molecule has 3 aliphatic rings. The van der Waals surface area contributed by atoms with Crippen molar-refractivity contribution in [2.75, 3.05) is 33.0 Å². The Labute approximate surface area is 177 Å². The van der Waals surface area contributed by atoms with Gasteiger partial charge in [-0.2, -0.15) is 0 Å². The van der Waals surface area contributed by atoms with Crippen molar-refractivity contribution in [3.05, 3.63) is 53.8 Å². The molecule has 2 aliphatic heterocycles. The maximum Gasteiger partial charge on any atom is 0.231 e. The lowest BCUT2D eigenvalue weighted by Gasteiger charge is -2.39. The number of hydrogen-bond donors (Lipinski definition) is 0. The van der Waals surface area contributed by atoms with Crippen molar-refractivity contribution >= 4 is 12.4 Å². The third kappa shape index (κ3) is 4.78. The summed E-state index contributed by atoms with van der Waals surface area (Å²) in [6.07, 6.45) is 3.82. The number of fused-ring (bicyclic) bond motifs is 2. The number of piperidine rings is 1. The molecule has 1 saturated heterocycles. The van der Waals surface area contributed by atoms with E-state index in [-0.39, 0.29) is 25.0 Å². The Balaban J connectivity index is 0.00000205. The summed E-state index contributed by atoms with van der Waals surface area (Å²) in [6.45, 7) is 4.19. The van der Waals surface area contributed by atoms with Crippen LogP contribution in [0.15, 0.2) is 42.5 Å². The summed E-state index contributed by atoms with van der Waals surface area (Å²) in [5.41, 5.74) is 1.21. The molecule has 0 spiro atoms. The monoisotopic (exact) mass is 419 g/mol. The number of nitrogens with zero attached hydrogens (tertiary/aromatic N) is 1. The Morgan fingerprint density at radius 2 is 1.86 bits per heavy atom. The first kappa shape index (κ1) is 20.3. The van der Waals surface area contributed by atoms with Crippen molar-refractivity contribution in [2.24, 2.45) is 11.8 Å². The van der Waals surface area contributed by atoms with E-state index < -0.39 is 0 Å². The second-order valence-corrected chi connectivity index (χ2v) is 8.24. The van der Waals surface area contributed by atoms with Gasteiger partial charge in [-0.25, -0.2) is 4.39 Å². The molecule has 6 heteroatoms. The molecular weight excluding hydrogens is 393 g/mol. The minimum Gasteiger partial charge on any atom is -0.489 e. The van der Waals surface area contributed by atoms with Gasteiger partial charge in [0.25, 0.3) is 0 Å². The molecule has 2 atom stereocenters. The van der Waals surface area contributed by atoms with Crippen LogP contribution in [0.5, 0.6) is 17.2 Å². The molecule has 0 aromatic heterocycles. The van der Waals surface area contributed by atoms with Crippen molar-refractivity contribution < 1.29 is 18.6 Å². The smallest absolute Gasteiger partial charge is 0.231 e. The van der Waals surface area contributed by atoms with Crippen LogP contribution in [0.4, 0.5) is 4.39 Å². The van der Waals surface area contributed by atoms with Gasteiger partial charge in [0, 0.05) is 25.1 Å². The molecule has 0 N–H and O–H groups in total. The molecule has 0 radical (unpaired) electrons. The largest absolute Gasteiger partial charge is 0.489 e. The van der Waals surface area contributed by atoms with E-state index in [4.69, 9.17) is 14.2 Å². The lowest BCUT2D eigenvalue weighted by molar-refractivity contribution is 0.0878. The van der Waals surface area contributed by atoms with Gasteiger partial charge in [-0.1, -0.05) is 12.1 Å². The highest BCUT2D eigenvalue weighted by Gasteiger charge is 2.34. The second-order valence-electron chi connectivity index (χ2n) is 8.24. The van der Waals surface area contributed by atoms with E-state index in [2.05, 4.69) is 4.90 Å². The highest BCUT2D eigenvalue weighted by atomic mass is 35.5. The number of halogens is 2. The molecule has 1 saturated carbocycles. The van der Waals surface area contributed by atoms with Crippen LogP contribution in [0.3, 0.4) is 0 Å². The van der Waals surface area contributed by atoms with Crippen molar-refractivity contribution in [2.45, 2.75) is 25.2 Å². The molecule has 5 rings (SSSR count). The summed E-state index contributed by atoms with van der Waals surface area (Å²) in [5, 5.41) is 0. The average molecular weight is 420 g/mol. The molecule has 0 amide bonds. The maximum absolute atomic E-state index is 13.4. The molecule has 2 bridgehead atoms. The predicted molar refractivity (Wildman–Crippen MR) is 112 cm³/mol. The van der Waals surface area contributed by atoms with Gasteiger partial charge in [-0.15, -0.1) is 12.4 Å². The number of rotatable bonds is 6. The van der Waals surface area contributed by atoms with Crippen molar-refractivity contribution in [1.29, 1.82) is 0 Å². The van der Waals surface area contributed by atoms with Crippen LogP contribution in [0.1, 0.15) is 30.7 Å². The number of likely N-dealkylation sites (tertiary alicyclic amines) is 1. The van der Waals surface area contributed by atoms with E-state index in [1.165, 1.54) is 24.9 Å². The lowest BCUT2D eigenvalue weighted by Crippen LogP contribution is -2.42. The van der Waals surface area contributed by atoms with Crippen LogP contribution in [0, 0.1) is 17.7 Å². The van der Waals surface area contributed by atoms with E-state index in [9.17, 15) is 4.39 Å². The number of benzene rings is 2. The topological polar surface area (TPSA) is 30.9 Å². The molecule has 4 nitrogen and oxygen atoms in total. The number of ether oxygens (including phenoxy) is 3. The Kier molecular flexibility index (Phi) is 6.16. The summed E-state index contributed by atoms with van der Waals surface area (Å²) in [6, 6.07) is 12.7. The van der Waals surface area contributed by atoms with Crippen molar-refractivity contribution in [1.82, 2.24) is 4.90 Å². The zero-order valence-electron chi connectivity index (χ0n) is 16.4. The standard InChI is InChI=1S/C23H26FNO3.ClH/c24-19-5-3-17(4-6-19)21-9-10-25(12-16-1-2-16)13-18(21)14-26-22-8-7-20-11-23(22)28-15-27-20;/h3-8,11,16,18,21H,1-2,9-10,12-15H2;1H/t18-,21-;/m1./s1. The summed E-state index contributed by atoms with van der Waals surface area (Å²) >= 11 is 0. The summed E-state index contributed by atoms with van der Waals surface area (Å²) in [5.74, 6) is 3.78. The van der Waals surface area contributed by atoms with Crippen LogP contribution in [-0.4, -0.2) is 37.9 Å². The van der Waals surface area contributed by atoms with Crippen LogP contribution >= 0.6 is 12.4 Å². The first-order valence-electron chi connectivity index (χ1n) is 10.2. The van der Waals surface area contributed by atoms with E-state index in [0.29, 0.717) is 18.4 Å². The van der Waals surface area contributed by atoms with Gasteiger partial charge in [-0.05, 0) is 67.5 Å². The normalized spacial score (nSPS) is 23.5. The molecule has 2 aromatic rings. The fourth-order valence-electron chi connectivity index (χ4n) is 4.42. The Bertz CT molecular complexity index is 827. The van der Waals surface area contributed by atoms with Crippen molar-refractivity contribution in [3.8, 4) is 17.2 Å². The van der Waals surface area contributed by atoms with Crippen LogP contribution < -0.4 is 14.2 Å². The van der Waals surface area contributed by atoms with Gasteiger partial charge >= 0.3 is 0 Å². The molecule has 1 aliphatic carbocycles. The molecule has 0 unspecified atom stereocenters. The Morgan fingerprint density at radius 3 is 2.66 bits per heavy atom. The van der Waals surface area contributed by atoms with E-state index in [1.54, 1.807) is 12.1 Å². The minimum absolute atomic E-state index is 0. The molecule has 2 fully saturated rings. The molecule has 2 heterocycles. The zero-order chi connectivity index (χ0) is 18.9. The molecule has 29 heavy (non-hydrogen) atoms. The van der Waals surface area contributed by atoms with Crippen LogP contribution in [-0.2, 0) is 0 Å². The molecule has 156 valence electrons. The third-order valence-electron chi connectivity index (χ3n) is 6.14. The third-order valence-corrected chi connectivity index (χ3v) is 6.14. The van der Waals surface area contributed by atoms with Crippen LogP contribution in [0.25, 0.3) is 0 Å². The van der Waals surface area contributed by atoms with Gasteiger partial charge in [0.2, 0.25) is 6.79 Å². The van der Waals surface area contributed by atoms with Gasteiger partial charge in [-0.3, -0.25) is 0 Å². The number of hydrogen-bond acceptors (Lipinski definition) is 4. The highest BCUT2D eigenvalue weighted by Crippen LogP contribution is 2.38. The average Bonchev–Trinajstić information content (AvgIpc) is 3.53.